The van der Waals surface area contributed by atoms with Crippen LogP contribution in [0.4, 0.5) is 0 Å². The Balaban J connectivity index is 2.31. The minimum absolute atomic E-state index is 0.144. The van der Waals surface area contributed by atoms with Gasteiger partial charge in [-0.2, -0.15) is 5.10 Å². The summed E-state index contributed by atoms with van der Waals surface area (Å²) in [5.41, 5.74) is 4.01. The SMILES string of the molecule is CC(C)(C)/C(=N\NC(=O)c1ccccc1)c1ccccc1O. The highest BCUT2D eigenvalue weighted by Crippen LogP contribution is 2.27. The van der Waals surface area contributed by atoms with Crippen molar-refractivity contribution >= 4 is 11.6 Å². The molecule has 4 heteroatoms. The van der Waals surface area contributed by atoms with Crippen LogP contribution >= 0.6 is 0 Å². The lowest BCUT2D eigenvalue weighted by Gasteiger charge is -2.22. The summed E-state index contributed by atoms with van der Waals surface area (Å²) in [5, 5.41) is 14.3. The van der Waals surface area contributed by atoms with Crippen molar-refractivity contribution in [3.8, 4) is 5.75 Å². The van der Waals surface area contributed by atoms with Crippen molar-refractivity contribution in [3.63, 3.8) is 0 Å². The molecule has 0 atom stereocenters. The molecular weight excluding hydrogens is 276 g/mol. The number of rotatable bonds is 3. The van der Waals surface area contributed by atoms with Gasteiger partial charge in [-0.15, -0.1) is 0 Å². The van der Waals surface area contributed by atoms with Crippen LogP contribution < -0.4 is 5.43 Å². The smallest absolute Gasteiger partial charge is 0.271 e. The summed E-state index contributed by atoms with van der Waals surface area (Å²) in [7, 11) is 0. The summed E-state index contributed by atoms with van der Waals surface area (Å²) in [5.74, 6) is -0.136. The lowest BCUT2D eigenvalue weighted by atomic mass is 9.85. The van der Waals surface area contributed by atoms with Crippen LogP contribution in [-0.4, -0.2) is 16.7 Å². The number of nitrogens with zero attached hydrogens (tertiary/aromatic N) is 1. The maximum atomic E-state index is 12.1. The Labute approximate surface area is 130 Å². The Morgan fingerprint density at radius 2 is 1.59 bits per heavy atom. The number of hydrogen-bond donors (Lipinski definition) is 2. The van der Waals surface area contributed by atoms with Gasteiger partial charge in [0, 0.05) is 16.5 Å². The second-order valence-corrected chi connectivity index (χ2v) is 6.03. The predicted octanol–water partition coefficient (Wildman–Crippen LogP) is 3.57. The molecule has 2 aromatic carbocycles. The number of phenols is 1. The lowest BCUT2D eigenvalue weighted by Crippen LogP contribution is -2.27. The monoisotopic (exact) mass is 296 g/mol. The zero-order valence-corrected chi connectivity index (χ0v) is 13.0. The topological polar surface area (TPSA) is 61.7 Å². The van der Waals surface area contributed by atoms with E-state index in [9.17, 15) is 9.90 Å². The molecular formula is C18H20N2O2. The summed E-state index contributed by atoms with van der Waals surface area (Å²) >= 11 is 0. The molecule has 0 aliphatic rings. The molecule has 2 N–H and O–H groups in total. The molecule has 1 amide bonds. The summed E-state index contributed by atoms with van der Waals surface area (Å²) in [6.45, 7) is 5.94. The van der Waals surface area contributed by atoms with Gasteiger partial charge in [0.25, 0.3) is 5.91 Å². The molecule has 0 heterocycles. The van der Waals surface area contributed by atoms with Gasteiger partial charge in [0.15, 0.2) is 0 Å². The Kier molecular flexibility index (Phi) is 4.61. The second-order valence-electron chi connectivity index (χ2n) is 6.03. The van der Waals surface area contributed by atoms with Crippen molar-refractivity contribution in [2.75, 3.05) is 0 Å². The number of para-hydroxylation sites is 1. The quantitative estimate of drug-likeness (QED) is 0.672. The number of hydrogen-bond acceptors (Lipinski definition) is 3. The zero-order chi connectivity index (χ0) is 16.2. The van der Waals surface area contributed by atoms with Gasteiger partial charge in [-0.25, -0.2) is 5.43 Å². The van der Waals surface area contributed by atoms with Crippen molar-refractivity contribution in [1.82, 2.24) is 5.43 Å². The minimum atomic E-state index is -0.331. The van der Waals surface area contributed by atoms with Gasteiger partial charge in [0.2, 0.25) is 0 Å². The molecule has 0 fully saturated rings. The van der Waals surface area contributed by atoms with Crippen LogP contribution in [0.5, 0.6) is 5.75 Å². The lowest BCUT2D eigenvalue weighted by molar-refractivity contribution is 0.0954. The highest BCUT2D eigenvalue weighted by atomic mass is 16.3. The Bertz CT molecular complexity index is 686. The van der Waals surface area contributed by atoms with E-state index in [-0.39, 0.29) is 17.1 Å². The van der Waals surface area contributed by atoms with E-state index in [1.54, 1.807) is 42.5 Å². The third kappa shape index (κ3) is 3.73. The van der Waals surface area contributed by atoms with Gasteiger partial charge in [-0.1, -0.05) is 51.1 Å². The molecule has 4 nitrogen and oxygen atoms in total. The van der Waals surface area contributed by atoms with Crippen molar-refractivity contribution in [1.29, 1.82) is 0 Å². The molecule has 0 aromatic heterocycles. The normalized spacial score (nSPS) is 12.0. The Morgan fingerprint density at radius 1 is 1.00 bits per heavy atom. The largest absolute Gasteiger partial charge is 0.507 e. The number of aromatic hydroxyl groups is 1. The molecule has 0 bridgehead atoms. The molecule has 2 rings (SSSR count). The Hall–Kier alpha value is -2.62. The molecule has 0 aliphatic carbocycles. The second kappa shape index (κ2) is 6.43. The molecule has 0 radical (unpaired) electrons. The van der Waals surface area contributed by atoms with Crippen molar-refractivity contribution in [2.24, 2.45) is 10.5 Å². The summed E-state index contributed by atoms with van der Waals surface area (Å²) in [4.78, 5) is 12.1. The van der Waals surface area contributed by atoms with E-state index in [2.05, 4.69) is 10.5 Å². The fourth-order valence-electron chi connectivity index (χ4n) is 2.07. The number of carbonyl (C=O) groups is 1. The van der Waals surface area contributed by atoms with Crippen LogP contribution in [0.3, 0.4) is 0 Å². The molecule has 0 saturated heterocycles. The summed E-state index contributed by atoms with van der Waals surface area (Å²) < 4.78 is 0. The van der Waals surface area contributed by atoms with Crippen LogP contribution in [0, 0.1) is 5.41 Å². The fourth-order valence-corrected chi connectivity index (χ4v) is 2.07. The van der Waals surface area contributed by atoms with Gasteiger partial charge < -0.3 is 5.11 Å². The number of hydrazone groups is 1. The molecule has 22 heavy (non-hydrogen) atoms. The summed E-state index contributed by atoms with van der Waals surface area (Å²) in [6, 6.07) is 15.9. The van der Waals surface area contributed by atoms with Gasteiger partial charge in [-0.3, -0.25) is 4.79 Å². The van der Waals surface area contributed by atoms with Crippen molar-refractivity contribution in [2.45, 2.75) is 20.8 Å². The number of benzene rings is 2. The molecule has 0 saturated carbocycles. The highest BCUT2D eigenvalue weighted by molar-refractivity contribution is 6.07. The zero-order valence-electron chi connectivity index (χ0n) is 13.0. The van der Waals surface area contributed by atoms with Crippen molar-refractivity contribution < 1.29 is 9.90 Å². The van der Waals surface area contributed by atoms with E-state index in [4.69, 9.17) is 0 Å². The molecule has 0 spiro atoms. The van der Waals surface area contributed by atoms with Gasteiger partial charge in [-0.05, 0) is 24.3 Å². The first-order valence-electron chi connectivity index (χ1n) is 7.11. The number of nitrogens with one attached hydrogen (secondary N) is 1. The number of phenolic OH excluding ortho intramolecular Hbond substituents is 1. The first-order valence-corrected chi connectivity index (χ1v) is 7.11. The van der Waals surface area contributed by atoms with E-state index >= 15 is 0 Å². The fraction of sp³-hybridized carbons (Fsp3) is 0.222. The highest BCUT2D eigenvalue weighted by Gasteiger charge is 2.23. The minimum Gasteiger partial charge on any atom is -0.507 e. The Morgan fingerprint density at radius 3 is 2.18 bits per heavy atom. The maximum absolute atomic E-state index is 12.1. The molecule has 0 aliphatic heterocycles. The van der Waals surface area contributed by atoms with E-state index in [1.807, 2.05) is 32.9 Å². The van der Waals surface area contributed by atoms with E-state index in [0.717, 1.165) is 0 Å². The maximum Gasteiger partial charge on any atom is 0.271 e. The average molecular weight is 296 g/mol. The van der Waals surface area contributed by atoms with E-state index in [1.165, 1.54) is 0 Å². The van der Waals surface area contributed by atoms with Crippen LogP contribution in [0.15, 0.2) is 59.7 Å². The number of amides is 1. The molecule has 114 valence electrons. The average Bonchev–Trinajstić information content (AvgIpc) is 2.48. The van der Waals surface area contributed by atoms with Gasteiger partial charge in [0.1, 0.15) is 5.75 Å². The van der Waals surface area contributed by atoms with Crippen LogP contribution in [0.1, 0.15) is 36.7 Å². The van der Waals surface area contributed by atoms with E-state index in [0.29, 0.717) is 16.8 Å². The van der Waals surface area contributed by atoms with Crippen LogP contribution in [0.25, 0.3) is 0 Å². The third-order valence-corrected chi connectivity index (χ3v) is 3.17. The third-order valence-electron chi connectivity index (χ3n) is 3.17. The number of carbonyl (C=O) groups excluding carboxylic acids is 1. The van der Waals surface area contributed by atoms with E-state index < -0.39 is 0 Å². The summed E-state index contributed by atoms with van der Waals surface area (Å²) in [6.07, 6.45) is 0. The van der Waals surface area contributed by atoms with Crippen LogP contribution in [0.2, 0.25) is 0 Å². The standard InChI is InChI=1S/C18H20N2O2/c1-18(2,3)16(14-11-7-8-12-15(14)21)19-20-17(22)13-9-5-4-6-10-13/h4-12,21H,1-3H3,(H,20,22)/b19-16-. The first-order chi connectivity index (χ1) is 10.4. The molecule has 2 aromatic rings. The predicted molar refractivity (Wildman–Crippen MR) is 88.0 cm³/mol. The van der Waals surface area contributed by atoms with Gasteiger partial charge in [0.05, 0.1) is 5.71 Å². The molecule has 0 unspecified atom stereocenters. The van der Waals surface area contributed by atoms with Crippen molar-refractivity contribution in [3.05, 3.63) is 65.7 Å². The first kappa shape index (κ1) is 15.8. The van der Waals surface area contributed by atoms with Crippen LogP contribution in [-0.2, 0) is 0 Å². The van der Waals surface area contributed by atoms with Gasteiger partial charge >= 0.3 is 0 Å².